The van der Waals surface area contributed by atoms with Gasteiger partial charge in [-0.2, -0.15) is 0 Å². The lowest BCUT2D eigenvalue weighted by molar-refractivity contribution is 0.802. The van der Waals surface area contributed by atoms with E-state index in [1.807, 2.05) is 0 Å². The van der Waals surface area contributed by atoms with E-state index in [0.29, 0.717) is 0 Å². The van der Waals surface area contributed by atoms with Crippen molar-refractivity contribution in [3.63, 3.8) is 0 Å². The molecule has 10 rings (SSSR count). The molecule has 8 aromatic carbocycles. The average Bonchev–Trinajstić information content (AvgIpc) is 3.60. The van der Waals surface area contributed by atoms with E-state index in [-0.39, 0.29) is 0 Å². The number of fused-ring (bicyclic) bond motifs is 14. The average molecular weight is 584 g/mol. The molecular formula is C45H29N. The van der Waals surface area contributed by atoms with Crippen LogP contribution >= 0.6 is 0 Å². The number of anilines is 3. The Hall–Kier alpha value is -5.92. The van der Waals surface area contributed by atoms with Crippen LogP contribution in [-0.2, 0) is 5.41 Å². The number of hydrogen-bond acceptors (Lipinski definition) is 1. The second kappa shape index (κ2) is 9.54. The third-order valence-electron chi connectivity index (χ3n) is 10.2. The van der Waals surface area contributed by atoms with Gasteiger partial charge in [0.1, 0.15) is 0 Å². The van der Waals surface area contributed by atoms with Gasteiger partial charge in [0, 0.05) is 17.1 Å². The molecule has 0 radical (unpaired) electrons. The van der Waals surface area contributed by atoms with Crippen LogP contribution in [0.2, 0.25) is 0 Å². The van der Waals surface area contributed by atoms with Crippen LogP contribution < -0.4 is 4.90 Å². The standard InChI is InChI=1S/C45H29N/c1-3-14-32(15-4-1)46(33-16-5-2-6-17-33)34-25-27-36-31(29-34)23-26-39-43-35-18-8-7-13-30(35)24-28-42(43)45(44(36)39)40-21-11-9-19-37(40)38-20-10-12-22-41(38)45/h1-29H. The summed E-state index contributed by atoms with van der Waals surface area (Å²) >= 11 is 0. The second-order valence-electron chi connectivity index (χ2n) is 12.5. The summed E-state index contributed by atoms with van der Waals surface area (Å²) in [7, 11) is 0. The molecule has 0 saturated carbocycles. The van der Waals surface area contributed by atoms with Gasteiger partial charge < -0.3 is 4.90 Å². The molecule has 0 saturated heterocycles. The normalized spacial score (nSPS) is 13.4. The highest BCUT2D eigenvalue weighted by Crippen LogP contribution is 2.65. The Bertz CT molecular complexity index is 2390. The third kappa shape index (κ3) is 3.29. The summed E-state index contributed by atoms with van der Waals surface area (Å²) in [5.41, 5.74) is 13.9. The van der Waals surface area contributed by atoms with Crippen LogP contribution in [0.5, 0.6) is 0 Å². The minimum atomic E-state index is -0.401. The van der Waals surface area contributed by atoms with Crippen LogP contribution in [0.15, 0.2) is 176 Å². The second-order valence-corrected chi connectivity index (χ2v) is 12.5. The molecule has 2 aliphatic rings. The molecule has 1 heteroatoms. The molecule has 0 bridgehead atoms. The third-order valence-corrected chi connectivity index (χ3v) is 10.2. The predicted octanol–water partition coefficient (Wildman–Crippen LogP) is 11.8. The fraction of sp³-hybridized carbons (Fsp3) is 0.0222. The van der Waals surface area contributed by atoms with Crippen molar-refractivity contribution >= 4 is 38.6 Å². The molecule has 0 N–H and O–H groups in total. The van der Waals surface area contributed by atoms with Crippen molar-refractivity contribution in [1.82, 2.24) is 0 Å². The molecule has 0 fully saturated rings. The Morgan fingerprint density at radius 2 is 0.935 bits per heavy atom. The van der Waals surface area contributed by atoms with Gasteiger partial charge in [-0.15, -0.1) is 0 Å². The quantitative estimate of drug-likeness (QED) is 0.200. The molecule has 0 atom stereocenters. The van der Waals surface area contributed by atoms with Gasteiger partial charge >= 0.3 is 0 Å². The van der Waals surface area contributed by atoms with E-state index in [4.69, 9.17) is 0 Å². The summed E-state index contributed by atoms with van der Waals surface area (Å²) < 4.78 is 0. The first-order chi connectivity index (χ1) is 22.8. The van der Waals surface area contributed by atoms with Crippen molar-refractivity contribution in [1.29, 1.82) is 0 Å². The minimum absolute atomic E-state index is 0.401. The summed E-state index contributed by atoms with van der Waals surface area (Å²) in [6.45, 7) is 0. The van der Waals surface area contributed by atoms with E-state index in [9.17, 15) is 0 Å². The predicted molar refractivity (Wildman–Crippen MR) is 192 cm³/mol. The first kappa shape index (κ1) is 25.4. The fourth-order valence-electron chi connectivity index (χ4n) is 8.47. The van der Waals surface area contributed by atoms with Crippen molar-refractivity contribution in [2.45, 2.75) is 5.41 Å². The lowest BCUT2D eigenvalue weighted by Crippen LogP contribution is -2.26. The summed E-state index contributed by atoms with van der Waals surface area (Å²) in [5.74, 6) is 0. The molecule has 0 unspecified atom stereocenters. The molecule has 0 heterocycles. The zero-order valence-electron chi connectivity index (χ0n) is 25.2. The topological polar surface area (TPSA) is 3.24 Å². The molecule has 1 nitrogen and oxygen atoms in total. The first-order valence-electron chi connectivity index (χ1n) is 16.0. The van der Waals surface area contributed by atoms with E-state index < -0.39 is 5.41 Å². The van der Waals surface area contributed by atoms with Gasteiger partial charge in [0.2, 0.25) is 0 Å². The van der Waals surface area contributed by atoms with Crippen molar-refractivity contribution < 1.29 is 0 Å². The monoisotopic (exact) mass is 583 g/mol. The zero-order valence-corrected chi connectivity index (χ0v) is 25.2. The Morgan fingerprint density at radius 3 is 1.63 bits per heavy atom. The van der Waals surface area contributed by atoms with Crippen LogP contribution in [-0.4, -0.2) is 0 Å². The highest BCUT2D eigenvalue weighted by molar-refractivity contribution is 6.11. The highest BCUT2D eigenvalue weighted by Gasteiger charge is 2.52. The number of benzene rings is 8. The summed E-state index contributed by atoms with van der Waals surface area (Å²) in [6.07, 6.45) is 0. The maximum atomic E-state index is 2.41. The van der Waals surface area contributed by atoms with Gasteiger partial charge in [-0.25, -0.2) is 0 Å². The van der Waals surface area contributed by atoms with E-state index in [1.165, 1.54) is 66.1 Å². The maximum absolute atomic E-state index is 2.41. The number of para-hydroxylation sites is 2. The number of nitrogens with zero attached hydrogens (tertiary/aromatic N) is 1. The lowest BCUT2D eigenvalue weighted by atomic mass is 9.69. The van der Waals surface area contributed by atoms with Crippen molar-refractivity contribution in [3.8, 4) is 22.3 Å². The molecule has 214 valence electrons. The van der Waals surface area contributed by atoms with E-state index in [1.54, 1.807) is 0 Å². The summed E-state index contributed by atoms with van der Waals surface area (Å²) in [4.78, 5) is 2.35. The van der Waals surface area contributed by atoms with Gasteiger partial charge in [-0.05, 0) is 102 Å². The van der Waals surface area contributed by atoms with Crippen molar-refractivity contribution in [2.75, 3.05) is 4.90 Å². The highest BCUT2D eigenvalue weighted by atomic mass is 15.1. The van der Waals surface area contributed by atoms with Crippen LogP contribution in [0.4, 0.5) is 17.1 Å². The van der Waals surface area contributed by atoms with Crippen LogP contribution in [0.3, 0.4) is 0 Å². The minimum Gasteiger partial charge on any atom is -0.310 e. The molecule has 8 aromatic rings. The summed E-state index contributed by atoms with van der Waals surface area (Å²) in [6, 6.07) is 64.9. The van der Waals surface area contributed by atoms with Gasteiger partial charge in [-0.3, -0.25) is 0 Å². The molecule has 0 aliphatic heterocycles. The molecule has 0 amide bonds. The van der Waals surface area contributed by atoms with Crippen LogP contribution in [0, 0.1) is 0 Å². The largest absolute Gasteiger partial charge is 0.310 e. The molecule has 1 spiro atoms. The zero-order chi connectivity index (χ0) is 30.2. The molecule has 2 aliphatic carbocycles. The van der Waals surface area contributed by atoms with Crippen LogP contribution in [0.1, 0.15) is 22.3 Å². The smallest absolute Gasteiger partial charge is 0.0731 e. The van der Waals surface area contributed by atoms with E-state index >= 15 is 0 Å². The Balaban J connectivity index is 1.31. The SMILES string of the molecule is c1ccc(N(c2ccccc2)c2ccc3c4c(ccc3c2)-c2c(ccc3ccccc23)C42c3ccccc3-c3ccccc32)cc1. The van der Waals surface area contributed by atoms with Gasteiger partial charge in [-0.1, -0.05) is 140 Å². The van der Waals surface area contributed by atoms with Crippen molar-refractivity contribution in [2.24, 2.45) is 0 Å². The lowest BCUT2D eigenvalue weighted by Gasteiger charge is -2.32. The number of hydrogen-bond donors (Lipinski definition) is 0. The Labute approximate surface area is 268 Å². The number of rotatable bonds is 3. The van der Waals surface area contributed by atoms with Crippen molar-refractivity contribution in [3.05, 3.63) is 198 Å². The van der Waals surface area contributed by atoms with Crippen LogP contribution in [0.25, 0.3) is 43.8 Å². The van der Waals surface area contributed by atoms with Gasteiger partial charge in [0.25, 0.3) is 0 Å². The maximum Gasteiger partial charge on any atom is 0.0731 e. The van der Waals surface area contributed by atoms with E-state index in [0.717, 1.165) is 17.1 Å². The Morgan fingerprint density at radius 1 is 0.348 bits per heavy atom. The van der Waals surface area contributed by atoms with Gasteiger partial charge in [0.15, 0.2) is 0 Å². The molecule has 0 aromatic heterocycles. The molecular weight excluding hydrogens is 555 g/mol. The summed E-state index contributed by atoms with van der Waals surface area (Å²) in [5, 5.41) is 5.14. The fourth-order valence-corrected chi connectivity index (χ4v) is 8.47. The first-order valence-corrected chi connectivity index (χ1v) is 16.0. The Kier molecular flexibility index (Phi) is 5.27. The molecule has 46 heavy (non-hydrogen) atoms. The van der Waals surface area contributed by atoms with E-state index in [2.05, 4.69) is 181 Å². The van der Waals surface area contributed by atoms with Gasteiger partial charge in [0.05, 0.1) is 5.41 Å².